The van der Waals surface area contributed by atoms with Crippen LogP contribution in [0.1, 0.15) is 74.8 Å². The van der Waals surface area contributed by atoms with E-state index in [1.54, 1.807) is 26.4 Å². The third kappa shape index (κ3) is 5.37. The number of ether oxygens (including phenoxy) is 5. The van der Waals surface area contributed by atoms with E-state index in [0.717, 1.165) is 31.2 Å². The highest BCUT2D eigenvalue weighted by Gasteiger charge is 2.51. The number of hydrogen-bond donors (Lipinski definition) is 1. The van der Waals surface area contributed by atoms with E-state index in [4.69, 9.17) is 23.7 Å². The Morgan fingerprint density at radius 3 is 2.21 bits per heavy atom. The number of benzene rings is 2. The molecule has 0 radical (unpaired) electrons. The Labute approximate surface area is 225 Å². The third-order valence-corrected chi connectivity index (χ3v) is 7.74. The number of carbonyl (C=O) groups is 1. The van der Waals surface area contributed by atoms with Crippen molar-refractivity contribution in [2.45, 2.75) is 64.5 Å². The predicted octanol–water partition coefficient (Wildman–Crippen LogP) is 5.41. The lowest BCUT2D eigenvalue weighted by atomic mass is 9.66. The van der Waals surface area contributed by atoms with E-state index in [0.29, 0.717) is 67.1 Å². The summed E-state index contributed by atoms with van der Waals surface area (Å²) in [6, 6.07) is 8.73. The third-order valence-electron chi connectivity index (χ3n) is 7.74. The number of hydrogen-bond acceptors (Lipinski definition) is 7. The number of carbonyl (C=O) groups excluding carboxylic acids is 1. The number of rotatable bonds is 10. The van der Waals surface area contributed by atoms with Crippen LogP contribution in [0.15, 0.2) is 30.3 Å². The van der Waals surface area contributed by atoms with Gasteiger partial charge in [-0.25, -0.2) is 0 Å². The van der Waals surface area contributed by atoms with Crippen molar-refractivity contribution in [3.63, 3.8) is 0 Å². The number of amides is 1. The monoisotopic (exact) mass is 527 g/mol. The number of aliphatic hydroxyl groups is 1. The topological polar surface area (TPSA) is 86.7 Å². The summed E-state index contributed by atoms with van der Waals surface area (Å²) in [7, 11) is 3.25. The molecule has 2 aromatic rings. The number of likely N-dealkylation sites (tertiary alicyclic amines) is 1. The van der Waals surface area contributed by atoms with Crippen LogP contribution in [0.3, 0.4) is 0 Å². The van der Waals surface area contributed by atoms with Crippen LogP contribution in [0.25, 0.3) is 0 Å². The smallest absolute Gasteiger partial charge is 0.254 e. The Hall–Kier alpha value is -3.13. The van der Waals surface area contributed by atoms with E-state index in [-0.39, 0.29) is 17.9 Å². The summed E-state index contributed by atoms with van der Waals surface area (Å²) in [5, 5.41) is 11.7. The fourth-order valence-corrected chi connectivity index (χ4v) is 6.04. The van der Waals surface area contributed by atoms with Gasteiger partial charge in [-0.15, -0.1) is 0 Å². The van der Waals surface area contributed by atoms with Crippen LogP contribution in [0.4, 0.5) is 0 Å². The first-order valence-electron chi connectivity index (χ1n) is 13.7. The molecule has 8 nitrogen and oxygen atoms in total. The molecule has 1 N–H and O–H groups in total. The van der Waals surface area contributed by atoms with E-state index in [1.807, 2.05) is 43.9 Å². The van der Waals surface area contributed by atoms with Crippen molar-refractivity contribution in [1.82, 2.24) is 4.90 Å². The molecule has 0 aromatic heterocycles. The van der Waals surface area contributed by atoms with Crippen molar-refractivity contribution >= 4 is 5.91 Å². The van der Waals surface area contributed by atoms with Crippen molar-refractivity contribution in [1.29, 1.82) is 0 Å². The maximum atomic E-state index is 14.3. The number of piperidine rings is 1. The first-order valence-corrected chi connectivity index (χ1v) is 13.7. The summed E-state index contributed by atoms with van der Waals surface area (Å²) in [5.41, 5.74) is 0.458. The molecule has 2 aliphatic rings. The van der Waals surface area contributed by atoms with Gasteiger partial charge >= 0.3 is 0 Å². The van der Waals surface area contributed by atoms with Crippen molar-refractivity contribution in [3.8, 4) is 28.7 Å². The summed E-state index contributed by atoms with van der Waals surface area (Å²) in [5.74, 6) is 2.51. The molecule has 2 aromatic carbocycles. The van der Waals surface area contributed by atoms with Gasteiger partial charge in [0, 0.05) is 23.6 Å². The lowest BCUT2D eigenvalue weighted by Gasteiger charge is -2.52. The predicted molar refractivity (Wildman–Crippen MR) is 145 cm³/mol. The van der Waals surface area contributed by atoms with Gasteiger partial charge < -0.3 is 33.7 Å². The van der Waals surface area contributed by atoms with Crippen LogP contribution in [-0.4, -0.2) is 62.1 Å². The SMILES string of the molecule is CCOc1cc(C(=O)N2CCC3(O)CCCCC3[C@@H]2c2cc(OC)ccc2OC)cc(OCC)c1OCC. The first-order chi connectivity index (χ1) is 18.4. The van der Waals surface area contributed by atoms with E-state index in [1.165, 1.54) is 0 Å². The van der Waals surface area contributed by atoms with Crippen molar-refractivity contribution in [2.24, 2.45) is 5.92 Å². The van der Waals surface area contributed by atoms with Crippen LogP contribution >= 0.6 is 0 Å². The van der Waals surface area contributed by atoms with Gasteiger partial charge in [0.25, 0.3) is 5.91 Å². The lowest BCUT2D eigenvalue weighted by Crippen LogP contribution is -2.56. The highest BCUT2D eigenvalue weighted by atomic mass is 16.5. The molecule has 0 spiro atoms. The minimum absolute atomic E-state index is 0.129. The van der Waals surface area contributed by atoms with Crippen LogP contribution < -0.4 is 23.7 Å². The second-order valence-corrected chi connectivity index (χ2v) is 9.86. The van der Waals surface area contributed by atoms with Crippen LogP contribution in [0.2, 0.25) is 0 Å². The summed E-state index contributed by atoms with van der Waals surface area (Å²) in [6.07, 6.45) is 4.07. The van der Waals surface area contributed by atoms with Gasteiger partial charge in [0.1, 0.15) is 11.5 Å². The maximum absolute atomic E-state index is 14.3. The van der Waals surface area contributed by atoms with Crippen molar-refractivity contribution < 1.29 is 33.6 Å². The van der Waals surface area contributed by atoms with Gasteiger partial charge in [0.2, 0.25) is 5.75 Å². The van der Waals surface area contributed by atoms with E-state index >= 15 is 0 Å². The van der Waals surface area contributed by atoms with Crippen LogP contribution in [0.5, 0.6) is 28.7 Å². The molecule has 1 aliphatic heterocycles. The Kier molecular flexibility index (Phi) is 8.92. The Morgan fingerprint density at radius 2 is 1.61 bits per heavy atom. The zero-order chi connectivity index (χ0) is 27.3. The van der Waals surface area contributed by atoms with Crippen molar-refractivity contribution in [3.05, 3.63) is 41.5 Å². The Morgan fingerprint density at radius 1 is 0.921 bits per heavy atom. The van der Waals surface area contributed by atoms with Gasteiger partial charge in [0.15, 0.2) is 11.5 Å². The molecule has 1 saturated heterocycles. The molecule has 38 heavy (non-hydrogen) atoms. The highest BCUT2D eigenvalue weighted by Crippen LogP contribution is 2.52. The first kappa shape index (κ1) is 27.9. The molecule has 1 amide bonds. The fraction of sp³-hybridized carbons (Fsp3) is 0.567. The number of fused-ring (bicyclic) bond motifs is 1. The Bertz CT molecular complexity index is 1090. The molecule has 3 atom stereocenters. The molecular weight excluding hydrogens is 486 g/mol. The van der Waals surface area contributed by atoms with E-state index < -0.39 is 5.60 Å². The lowest BCUT2D eigenvalue weighted by molar-refractivity contribution is -0.115. The minimum Gasteiger partial charge on any atom is -0.497 e. The summed E-state index contributed by atoms with van der Waals surface area (Å²) in [6.45, 7) is 7.39. The second-order valence-electron chi connectivity index (χ2n) is 9.86. The zero-order valence-corrected chi connectivity index (χ0v) is 23.2. The minimum atomic E-state index is -0.834. The van der Waals surface area contributed by atoms with E-state index in [2.05, 4.69) is 0 Å². The molecule has 8 heteroatoms. The number of methoxy groups -OCH3 is 2. The summed E-state index contributed by atoms with van der Waals surface area (Å²) < 4.78 is 28.9. The van der Waals surface area contributed by atoms with Gasteiger partial charge in [-0.3, -0.25) is 4.79 Å². The van der Waals surface area contributed by atoms with E-state index in [9.17, 15) is 9.90 Å². The largest absolute Gasteiger partial charge is 0.497 e. The standard InChI is InChI=1S/C30H41NO7/c1-6-36-25-17-20(18-26(37-7-2)28(25)38-8-3)29(32)31-16-15-30(33)14-10-9-11-23(30)27(31)22-19-21(34-4)12-13-24(22)35-5/h12-13,17-19,23,27,33H,6-11,14-16H2,1-5H3/t23?,27-,30?/m0/s1. The molecule has 208 valence electrons. The average Bonchev–Trinajstić information content (AvgIpc) is 2.93. The molecule has 2 unspecified atom stereocenters. The van der Waals surface area contributed by atoms with Gasteiger partial charge in [0.05, 0.1) is 45.7 Å². The normalized spacial score (nSPS) is 22.8. The maximum Gasteiger partial charge on any atom is 0.254 e. The van der Waals surface area contributed by atoms with Gasteiger partial charge in [-0.1, -0.05) is 12.8 Å². The highest BCUT2D eigenvalue weighted by molar-refractivity contribution is 5.96. The quantitative estimate of drug-likeness (QED) is 0.442. The van der Waals surface area contributed by atoms with Crippen LogP contribution in [0, 0.1) is 5.92 Å². The molecule has 0 bridgehead atoms. The molecule has 1 aliphatic carbocycles. The number of nitrogens with zero attached hydrogens (tertiary/aromatic N) is 1. The molecule has 1 saturated carbocycles. The zero-order valence-electron chi connectivity index (χ0n) is 23.2. The Balaban J connectivity index is 1.83. The summed E-state index contributed by atoms with van der Waals surface area (Å²) >= 11 is 0. The van der Waals surface area contributed by atoms with Crippen LogP contribution in [-0.2, 0) is 0 Å². The van der Waals surface area contributed by atoms with Gasteiger partial charge in [-0.05, 0) is 70.4 Å². The summed E-state index contributed by atoms with van der Waals surface area (Å²) in [4.78, 5) is 16.2. The van der Waals surface area contributed by atoms with Gasteiger partial charge in [-0.2, -0.15) is 0 Å². The fourth-order valence-electron chi connectivity index (χ4n) is 6.04. The van der Waals surface area contributed by atoms with Crippen molar-refractivity contribution in [2.75, 3.05) is 40.6 Å². The molecule has 2 fully saturated rings. The second kappa shape index (κ2) is 12.2. The molecule has 4 rings (SSSR count). The molecular formula is C30H41NO7. The molecule has 1 heterocycles. The average molecular weight is 528 g/mol.